The summed E-state index contributed by atoms with van der Waals surface area (Å²) in [6.45, 7) is 28.4. The predicted molar refractivity (Wildman–Crippen MR) is 320 cm³/mol. The molecule has 4 heteroatoms. The van der Waals surface area contributed by atoms with E-state index in [0.29, 0.717) is 0 Å². The Balaban J connectivity index is 1.20. The van der Waals surface area contributed by atoms with Gasteiger partial charge in [-0.05, 0) is 143 Å². The smallest absolute Gasteiger partial charge is 0.252 e. The molecule has 0 N–H and O–H groups in total. The van der Waals surface area contributed by atoms with Crippen LogP contribution in [0.5, 0.6) is 0 Å². The van der Waals surface area contributed by atoms with Crippen molar-refractivity contribution < 1.29 is 0 Å². The largest absolute Gasteiger partial charge is 0.310 e. The third-order valence-corrected chi connectivity index (χ3v) is 17.0. The molecule has 0 saturated heterocycles. The zero-order valence-corrected chi connectivity index (χ0v) is 45.1. The Morgan fingerprint density at radius 3 is 1.08 bits per heavy atom. The van der Waals surface area contributed by atoms with Gasteiger partial charge >= 0.3 is 0 Å². The Labute approximate surface area is 436 Å². The fourth-order valence-corrected chi connectivity index (χ4v) is 12.9. The predicted octanol–water partition coefficient (Wildman–Crippen LogP) is 16.6. The second-order valence-electron chi connectivity index (χ2n) is 25.9. The summed E-state index contributed by atoms with van der Waals surface area (Å²) in [4.78, 5) is 0. The number of benzene rings is 9. The molecular formula is C70H64BN3. The van der Waals surface area contributed by atoms with Gasteiger partial charge in [-0.25, -0.2) is 0 Å². The Kier molecular flexibility index (Phi) is 9.16. The molecule has 362 valence electrons. The first kappa shape index (κ1) is 45.1. The molecule has 0 saturated carbocycles. The Morgan fingerprint density at radius 2 is 0.689 bits per heavy atom. The molecule has 14 rings (SSSR count). The van der Waals surface area contributed by atoms with Gasteiger partial charge in [0.2, 0.25) is 0 Å². The number of rotatable bonds is 3. The van der Waals surface area contributed by atoms with Gasteiger partial charge in [-0.1, -0.05) is 192 Å². The van der Waals surface area contributed by atoms with Gasteiger partial charge < -0.3 is 13.7 Å². The van der Waals surface area contributed by atoms with Gasteiger partial charge in [0.25, 0.3) is 6.71 Å². The summed E-state index contributed by atoms with van der Waals surface area (Å²) in [6, 6.07) is 66.0. The normalized spacial score (nSPS) is 13.6. The molecule has 5 heterocycles. The van der Waals surface area contributed by atoms with Crippen molar-refractivity contribution in [3.05, 3.63) is 192 Å². The lowest BCUT2D eigenvalue weighted by Crippen LogP contribution is -2.59. The Bertz CT molecular complexity index is 4100. The average molecular weight is 958 g/mol. The molecular weight excluding hydrogens is 894 g/mol. The molecule has 0 fully saturated rings. The topological polar surface area (TPSA) is 14.8 Å². The molecule has 3 aromatic heterocycles. The first-order valence-electron chi connectivity index (χ1n) is 26.9. The van der Waals surface area contributed by atoms with Gasteiger partial charge in [0, 0.05) is 54.7 Å². The zero-order valence-electron chi connectivity index (χ0n) is 45.1. The molecule has 2 aliphatic rings. The molecule has 0 aliphatic carbocycles. The third-order valence-electron chi connectivity index (χ3n) is 17.0. The second kappa shape index (κ2) is 15.0. The maximum absolute atomic E-state index is 2.68. The van der Waals surface area contributed by atoms with Crippen LogP contribution in [0.4, 0.5) is 0 Å². The summed E-state index contributed by atoms with van der Waals surface area (Å²) in [5.41, 5.74) is 25.5. The molecule has 2 aliphatic heterocycles. The maximum Gasteiger partial charge on any atom is 0.252 e. The molecule has 0 unspecified atom stereocenters. The summed E-state index contributed by atoms with van der Waals surface area (Å²) in [5, 5.41) is 7.82. The molecule has 74 heavy (non-hydrogen) atoms. The summed E-state index contributed by atoms with van der Waals surface area (Å²) in [6.07, 6.45) is 0. The van der Waals surface area contributed by atoms with Gasteiger partial charge in [0.05, 0.1) is 27.8 Å². The van der Waals surface area contributed by atoms with Gasteiger partial charge in [-0.3, -0.25) is 0 Å². The van der Waals surface area contributed by atoms with Crippen LogP contribution in [0.2, 0.25) is 0 Å². The number of fused-ring (bicyclic) bond motifs is 13. The van der Waals surface area contributed by atoms with Crippen LogP contribution in [0, 0.1) is 0 Å². The molecule has 12 aromatic rings. The molecule has 0 atom stereocenters. The fraction of sp³-hybridized carbons (Fsp3) is 0.229. The molecule has 9 aromatic carbocycles. The summed E-state index contributed by atoms with van der Waals surface area (Å²) >= 11 is 0. The van der Waals surface area contributed by atoms with E-state index < -0.39 is 0 Å². The molecule has 0 bridgehead atoms. The van der Waals surface area contributed by atoms with E-state index in [-0.39, 0.29) is 28.4 Å². The van der Waals surface area contributed by atoms with Crippen LogP contribution in [0.1, 0.15) is 105 Å². The minimum Gasteiger partial charge on any atom is -0.310 e. The van der Waals surface area contributed by atoms with E-state index in [4.69, 9.17) is 0 Å². The maximum atomic E-state index is 2.68. The number of aromatic nitrogens is 3. The highest BCUT2D eigenvalue weighted by Gasteiger charge is 2.43. The first-order chi connectivity index (χ1) is 35.2. The van der Waals surface area contributed by atoms with Crippen LogP contribution in [-0.4, -0.2) is 20.4 Å². The molecule has 0 radical (unpaired) electrons. The van der Waals surface area contributed by atoms with Crippen molar-refractivity contribution in [2.45, 2.75) is 105 Å². The number of hydrogen-bond donors (Lipinski definition) is 0. The van der Waals surface area contributed by atoms with Gasteiger partial charge in [-0.15, -0.1) is 0 Å². The minimum absolute atomic E-state index is 0.00559. The van der Waals surface area contributed by atoms with Crippen molar-refractivity contribution in [2.24, 2.45) is 0 Å². The number of hydrogen-bond acceptors (Lipinski definition) is 0. The van der Waals surface area contributed by atoms with Gasteiger partial charge in [0.1, 0.15) is 0 Å². The van der Waals surface area contributed by atoms with E-state index in [1.165, 1.54) is 138 Å². The van der Waals surface area contributed by atoms with Crippen molar-refractivity contribution in [3.63, 3.8) is 0 Å². The molecule has 0 spiro atoms. The first-order valence-corrected chi connectivity index (χ1v) is 26.9. The van der Waals surface area contributed by atoms with Crippen molar-refractivity contribution in [1.82, 2.24) is 13.7 Å². The van der Waals surface area contributed by atoms with Crippen molar-refractivity contribution in [3.8, 4) is 39.3 Å². The van der Waals surface area contributed by atoms with Crippen molar-refractivity contribution >= 4 is 88.5 Å². The highest BCUT2D eigenvalue weighted by Crippen LogP contribution is 2.45. The lowest BCUT2D eigenvalue weighted by Gasteiger charge is -2.36. The van der Waals surface area contributed by atoms with E-state index in [2.05, 4.69) is 267 Å². The molecule has 3 nitrogen and oxygen atoms in total. The summed E-state index contributed by atoms with van der Waals surface area (Å²) in [7, 11) is 0. The van der Waals surface area contributed by atoms with Crippen LogP contribution >= 0.6 is 0 Å². The summed E-state index contributed by atoms with van der Waals surface area (Å²) < 4.78 is 7.94. The van der Waals surface area contributed by atoms with Gasteiger partial charge in [0.15, 0.2) is 0 Å². The van der Waals surface area contributed by atoms with Crippen LogP contribution in [-0.2, 0) is 21.7 Å². The lowest BCUT2D eigenvalue weighted by atomic mass is 9.34. The van der Waals surface area contributed by atoms with E-state index >= 15 is 0 Å². The van der Waals surface area contributed by atoms with Gasteiger partial charge in [-0.2, -0.15) is 0 Å². The lowest BCUT2D eigenvalue weighted by molar-refractivity contribution is 0.590. The minimum atomic E-state index is -0.0725. The van der Waals surface area contributed by atoms with Crippen molar-refractivity contribution in [1.29, 1.82) is 0 Å². The Hall–Kier alpha value is -7.56. The van der Waals surface area contributed by atoms with Crippen LogP contribution in [0.15, 0.2) is 170 Å². The van der Waals surface area contributed by atoms with E-state index in [0.717, 1.165) is 5.69 Å². The highest BCUT2D eigenvalue weighted by molar-refractivity contribution is 7.00. The highest BCUT2D eigenvalue weighted by atomic mass is 15.1. The molecule has 0 amide bonds. The van der Waals surface area contributed by atoms with Crippen LogP contribution in [0.25, 0.3) is 105 Å². The monoisotopic (exact) mass is 958 g/mol. The standard InChI is InChI=1S/C70H64BN3/c1-67(2,3)45-25-29-58-52(33-45)54-35-47(69(7,8)9)37-56-65(54)73(58)62-39-49(72-60-31-43(41-19-15-13-16-20-41)23-27-50(60)51-28-24-44(32-61(51)72)42-21-17-14-18-22-42)40-63-64(62)71(56)57-38-48(70(10,11)12)36-55-53-34-46(68(4,5)6)26-30-59(53)74(63)66(55)57/h13-40H,1-12H3. The fourth-order valence-electron chi connectivity index (χ4n) is 12.9. The quantitative estimate of drug-likeness (QED) is 0.157. The van der Waals surface area contributed by atoms with E-state index in [1.807, 2.05) is 0 Å². The third kappa shape index (κ3) is 6.46. The van der Waals surface area contributed by atoms with E-state index in [9.17, 15) is 0 Å². The SMILES string of the molecule is CC(C)(C)c1ccc2c(c1)c1cc(C(C)(C)C)cc3c1n2-c1cc(-n2c4cc(-c5ccccc5)ccc4c4ccc(-c5ccccc5)cc42)cc2c1B3c1cc(C(C)(C)C)cc3c4cc(C(C)(C)C)ccc4n-2c13. The van der Waals surface area contributed by atoms with Crippen LogP contribution < -0.4 is 16.4 Å². The average Bonchev–Trinajstić information content (AvgIpc) is 4.01. The van der Waals surface area contributed by atoms with Crippen molar-refractivity contribution in [2.75, 3.05) is 0 Å². The second-order valence-corrected chi connectivity index (χ2v) is 25.9. The van der Waals surface area contributed by atoms with Crippen LogP contribution in [0.3, 0.4) is 0 Å². The van der Waals surface area contributed by atoms with E-state index in [1.54, 1.807) is 0 Å². The number of nitrogens with zero attached hydrogens (tertiary/aromatic N) is 3. The Morgan fingerprint density at radius 1 is 0.297 bits per heavy atom. The zero-order chi connectivity index (χ0) is 51.1. The summed E-state index contributed by atoms with van der Waals surface area (Å²) in [5.74, 6) is 0.